The Morgan fingerprint density at radius 2 is 2.18 bits per heavy atom. The number of rotatable bonds is 5. The summed E-state index contributed by atoms with van der Waals surface area (Å²) in [7, 11) is 0. The van der Waals surface area contributed by atoms with Gasteiger partial charge in [0.1, 0.15) is 0 Å². The Kier molecular flexibility index (Phi) is 5.28. The monoisotopic (exact) mass is 174 g/mol. The van der Waals surface area contributed by atoms with E-state index in [0.29, 0.717) is 12.8 Å². The van der Waals surface area contributed by atoms with E-state index < -0.39 is 5.91 Å². The van der Waals surface area contributed by atoms with Gasteiger partial charge in [-0.2, -0.15) is 0 Å². The molecule has 0 saturated heterocycles. The molecule has 0 atom stereocenters. The van der Waals surface area contributed by atoms with Crippen molar-refractivity contribution in [2.45, 2.75) is 12.8 Å². The second kappa shape index (κ2) is 5.79. The molecule has 0 unspecified atom stereocenters. The van der Waals surface area contributed by atoms with E-state index in [1.165, 1.54) is 5.37 Å². The fourth-order valence-corrected chi connectivity index (χ4v) is 0.582. The van der Waals surface area contributed by atoms with Gasteiger partial charge in [-0.25, -0.2) is 0 Å². The van der Waals surface area contributed by atoms with Crippen molar-refractivity contribution in [2.24, 2.45) is 5.73 Å². The largest absolute Gasteiger partial charge is 0.368 e. The van der Waals surface area contributed by atoms with Crippen molar-refractivity contribution < 1.29 is 9.59 Å². The highest BCUT2D eigenvalue weighted by atomic mass is 32.1. The van der Waals surface area contributed by atoms with Crippen LogP contribution in [0.3, 0.4) is 0 Å². The van der Waals surface area contributed by atoms with Crippen LogP contribution in [0.1, 0.15) is 12.8 Å². The topological polar surface area (TPSA) is 72.2 Å². The molecular weight excluding hydrogens is 164 g/mol. The predicted octanol–water partition coefficient (Wildman–Crippen LogP) is -0.632. The second-order valence-electron chi connectivity index (χ2n) is 1.95. The molecule has 0 fully saturated rings. The van der Waals surface area contributed by atoms with E-state index >= 15 is 0 Å². The smallest absolute Gasteiger partial charge is 0.236 e. The normalized spacial score (nSPS) is 8.73. The first-order valence-corrected chi connectivity index (χ1v) is 3.62. The molecule has 0 aromatic carbocycles. The number of carbonyl (C=O) groups excluding carboxylic acids is 2. The molecule has 0 bridgehead atoms. The van der Waals surface area contributed by atoms with Crippen LogP contribution in [0.2, 0.25) is 0 Å². The van der Waals surface area contributed by atoms with E-state index in [2.05, 4.69) is 17.5 Å². The molecule has 0 aliphatic carbocycles. The van der Waals surface area contributed by atoms with Crippen LogP contribution >= 0.6 is 12.2 Å². The number of nitrogens with two attached hydrogens (primary N) is 1. The summed E-state index contributed by atoms with van der Waals surface area (Å²) in [5, 5.41) is 3.81. The second-order valence-corrected chi connectivity index (χ2v) is 2.28. The zero-order chi connectivity index (χ0) is 8.69. The van der Waals surface area contributed by atoms with Crippen molar-refractivity contribution in [1.29, 1.82) is 0 Å². The van der Waals surface area contributed by atoms with Gasteiger partial charge in [0.25, 0.3) is 0 Å². The van der Waals surface area contributed by atoms with E-state index in [9.17, 15) is 9.59 Å². The highest BCUT2D eigenvalue weighted by molar-refractivity contribution is 7.78. The summed E-state index contributed by atoms with van der Waals surface area (Å²) in [5.41, 5.74) is 4.79. The molecule has 0 aromatic rings. The van der Waals surface area contributed by atoms with Gasteiger partial charge in [-0.05, 0) is 11.8 Å². The van der Waals surface area contributed by atoms with E-state index in [1.807, 2.05) is 0 Å². The fraction of sp³-hybridized carbons (Fsp3) is 0.500. The Hall–Kier alpha value is -0.970. The number of primary amides is 1. The predicted molar refractivity (Wildman–Crippen MR) is 45.1 cm³/mol. The molecule has 3 N–H and O–H groups in total. The van der Waals surface area contributed by atoms with Crippen molar-refractivity contribution in [3.8, 4) is 0 Å². The Morgan fingerprint density at radius 3 is 2.64 bits per heavy atom. The molecular formula is C6H10N2O2S. The first-order chi connectivity index (χ1) is 5.16. The number of amides is 2. The molecule has 4 nitrogen and oxygen atoms in total. The number of nitrogens with one attached hydrogen (secondary N) is 1. The average Bonchev–Trinajstić information content (AvgIpc) is 1.97. The van der Waals surface area contributed by atoms with Crippen LogP contribution in [0, 0.1) is 0 Å². The van der Waals surface area contributed by atoms with Crippen LogP contribution in [0.25, 0.3) is 0 Å². The lowest BCUT2D eigenvalue weighted by Crippen LogP contribution is -2.33. The molecule has 0 aliphatic rings. The van der Waals surface area contributed by atoms with Gasteiger partial charge in [0.15, 0.2) is 0 Å². The van der Waals surface area contributed by atoms with Gasteiger partial charge in [-0.3, -0.25) is 9.59 Å². The van der Waals surface area contributed by atoms with Crippen molar-refractivity contribution in [1.82, 2.24) is 5.32 Å². The Bertz CT molecular complexity index is 170. The Labute approximate surface area is 70.1 Å². The van der Waals surface area contributed by atoms with Crippen LogP contribution < -0.4 is 11.1 Å². The summed E-state index contributed by atoms with van der Waals surface area (Å²) < 4.78 is 0. The standard InChI is InChI=1S/C6H10N2O2S/c7-5(9)4-8-6(10)2-1-3-11/h3H,1-2,4H2,(H2,7,9)(H,8,10). The fourth-order valence-electron chi connectivity index (χ4n) is 0.464. The molecule has 0 saturated carbocycles. The molecule has 11 heavy (non-hydrogen) atoms. The third-order valence-corrected chi connectivity index (χ3v) is 1.18. The summed E-state index contributed by atoms with van der Waals surface area (Å²) in [6.07, 6.45) is 0.858. The number of carbonyl (C=O) groups is 2. The van der Waals surface area contributed by atoms with Gasteiger partial charge in [-0.1, -0.05) is 12.2 Å². The maximum atomic E-state index is 10.7. The van der Waals surface area contributed by atoms with Gasteiger partial charge in [0, 0.05) is 6.42 Å². The summed E-state index contributed by atoms with van der Waals surface area (Å²) in [6.45, 7) is -0.101. The van der Waals surface area contributed by atoms with Crippen LogP contribution in [-0.4, -0.2) is 23.7 Å². The molecule has 0 heterocycles. The van der Waals surface area contributed by atoms with Crippen LogP contribution in [-0.2, 0) is 9.59 Å². The van der Waals surface area contributed by atoms with Crippen LogP contribution in [0.5, 0.6) is 0 Å². The highest BCUT2D eigenvalue weighted by Gasteiger charge is 1.99. The number of thiocarbonyl (C=S) groups is 1. The first kappa shape index (κ1) is 10.0. The first-order valence-electron chi connectivity index (χ1n) is 3.15. The number of hydrogen-bond acceptors (Lipinski definition) is 3. The van der Waals surface area contributed by atoms with E-state index in [1.54, 1.807) is 0 Å². The van der Waals surface area contributed by atoms with Crippen molar-refractivity contribution in [3.05, 3.63) is 0 Å². The van der Waals surface area contributed by atoms with Gasteiger partial charge >= 0.3 is 0 Å². The zero-order valence-corrected chi connectivity index (χ0v) is 6.82. The summed E-state index contributed by atoms with van der Waals surface area (Å²) >= 11 is 4.51. The summed E-state index contributed by atoms with van der Waals surface area (Å²) in [4.78, 5) is 20.9. The minimum atomic E-state index is -0.541. The Morgan fingerprint density at radius 1 is 1.55 bits per heavy atom. The molecule has 2 amide bonds. The molecule has 0 radical (unpaired) electrons. The summed E-state index contributed by atoms with van der Waals surface area (Å²) in [6, 6.07) is 0. The zero-order valence-electron chi connectivity index (χ0n) is 6.00. The molecule has 62 valence electrons. The maximum absolute atomic E-state index is 10.7. The molecule has 0 aromatic heterocycles. The maximum Gasteiger partial charge on any atom is 0.236 e. The van der Waals surface area contributed by atoms with Crippen LogP contribution in [0.4, 0.5) is 0 Å². The quantitative estimate of drug-likeness (QED) is 0.545. The SMILES string of the molecule is NC(=O)CNC(=O)CCC=S. The van der Waals surface area contributed by atoms with Crippen molar-refractivity contribution in [2.75, 3.05) is 6.54 Å². The number of hydrogen-bond donors (Lipinski definition) is 2. The van der Waals surface area contributed by atoms with E-state index in [-0.39, 0.29) is 12.5 Å². The lowest BCUT2D eigenvalue weighted by molar-refractivity contribution is -0.124. The lowest BCUT2D eigenvalue weighted by atomic mass is 10.3. The van der Waals surface area contributed by atoms with E-state index in [0.717, 1.165) is 0 Å². The van der Waals surface area contributed by atoms with Crippen molar-refractivity contribution in [3.63, 3.8) is 0 Å². The highest BCUT2D eigenvalue weighted by Crippen LogP contribution is 1.83. The molecule has 0 aliphatic heterocycles. The molecule has 5 heteroatoms. The van der Waals surface area contributed by atoms with E-state index in [4.69, 9.17) is 5.73 Å². The Balaban J connectivity index is 3.37. The molecule has 0 spiro atoms. The molecule has 0 rings (SSSR count). The van der Waals surface area contributed by atoms with Gasteiger partial charge < -0.3 is 11.1 Å². The van der Waals surface area contributed by atoms with Gasteiger partial charge in [0.2, 0.25) is 11.8 Å². The third kappa shape index (κ3) is 6.92. The van der Waals surface area contributed by atoms with Crippen molar-refractivity contribution >= 4 is 29.4 Å². The minimum Gasteiger partial charge on any atom is -0.368 e. The summed E-state index contributed by atoms with van der Waals surface area (Å²) in [5.74, 6) is -0.745. The lowest BCUT2D eigenvalue weighted by Gasteiger charge is -1.98. The van der Waals surface area contributed by atoms with Gasteiger partial charge in [-0.15, -0.1) is 0 Å². The van der Waals surface area contributed by atoms with Gasteiger partial charge in [0.05, 0.1) is 6.54 Å². The minimum absolute atomic E-state index is 0.101. The third-order valence-electron chi connectivity index (χ3n) is 0.949. The average molecular weight is 174 g/mol. The van der Waals surface area contributed by atoms with Crippen LogP contribution in [0.15, 0.2) is 0 Å².